The molecule has 1 aromatic carbocycles. The number of halogens is 1. The first-order valence-electron chi connectivity index (χ1n) is 9.21. The summed E-state index contributed by atoms with van der Waals surface area (Å²) in [4.78, 5) is 13.1. The third-order valence-corrected chi connectivity index (χ3v) is 7.15. The maximum absolute atomic E-state index is 13.1. The maximum Gasteiger partial charge on any atom is 0.231 e. The van der Waals surface area contributed by atoms with Gasteiger partial charge < -0.3 is 10.8 Å². The van der Waals surface area contributed by atoms with Crippen molar-refractivity contribution in [2.75, 3.05) is 0 Å². The summed E-state index contributed by atoms with van der Waals surface area (Å²) in [5, 5.41) is 11.3. The third kappa shape index (κ3) is 1.95. The van der Waals surface area contributed by atoms with Crippen molar-refractivity contribution in [1.29, 1.82) is 0 Å². The van der Waals surface area contributed by atoms with Gasteiger partial charge in [0.05, 0.1) is 5.52 Å². The van der Waals surface area contributed by atoms with Crippen LogP contribution in [-0.2, 0) is 6.42 Å². The molecular formula is C20H25ClN2O2. The molecule has 1 aliphatic heterocycles. The Morgan fingerprint density at radius 1 is 1.40 bits per heavy atom. The summed E-state index contributed by atoms with van der Waals surface area (Å²) in [7, 11) is 0. The quantitative estimate of drug-likeness (QED) is 0.808. The molecular weight excluding hydrogens is 336 g/mol. The van der Waals surface area contributed by atoms with Gasteiger partial charge in [-0.1, -0.05) is 19.4 Å². The average Bonchev–Trinajstić information content (AvgIpc) is 2.91. The zero-order chi connectivity index (χ0) is 16.6. The Morgan fingerprint density at radius 3 is 2.96 bits per heavy atom. The Labute approximate surface area is 153 Å². The second kappa shape index (κ2) is 5.49. The molecule has 2 aromatic rings. The summed E-state index contributed by atoms with van der Waals surface area (Å²) < 4.78 is 1.92. The Hall–Kier alpha value is -1.52. The molecule has 2 aliphatic carbocycles. The largest absolute Gasteiger partial charge is 0.507 e. The first-order valence-corrected chi connectivity index (χ1v) is 9.21. The van der Waals surface area contributed by atoms with Crippen LogP contribution in [0, 0.1) is 11.3 Å². The van der Waals surface area contributed by atoms with Gasteiger partial charge in [0.1, 0.15) is 5.75 Å². The highest BCUT2D eigenvalue weighted by Gasteiger charge is 2.55. The molecule has 2 heterocycles. The van der Waals surface area contributed by atoms with Gasteiger partial charge in [0.2, 0.25) is 5.91 Å². The normalized spacial score (nSPS) is 33.0. The minimum absolute atomic E-state index is 0. The molecule has 1 saturated carbocycles. The number of hydrogen-bond donors (Lipinski definition) is 2. The second-order valence-corrected chi connectivity index (χ2v) is 8.06. The van der Waals surface area contributed by atoms with Crippen molar-refractivity contribution >= 4 is 29.2 Å². The van der Waals surface area contributed by atoms with Gasteiger partial charge in [0.15, 0.2) is 0 Å². The number of rotatable bonds is 1. The zero-order valence-corrected chi connectivity index (χ0v) is 15.3. The number of aromatic hydroxyl groups is 1. The lowest BCUT2D eigenvalue weighted by molar-refractivity contribution is 0.0328. The highest BCUT2D eigenvalue weighted by Crippen LogP contribution is 2.61. The van der Waals surface area contributed by atoms with Crippen LogP contribution in [0.1, 0.15) is 61.0 Å². The average molecular weight is 361 g/mol. The van der Waals surface area contributed by atoms with Crippen LogP contribution in [0.2, 0.25) is 0 Å². The van der Waals surface area contributed by atoms with E-state index in [4.69, 9.17) is 5.73 Å². The Kier molecular flexibility index (Phi) is 3.71. The number of carbonyl (C=O) groups excluding carboxylic acids is 1. The molecule has 4 atom stereocenters. The van der Waals surface area contributed by atoms with E-state index in [2.05, 4.69) is 6.92 Å². The highest BCUT2D eigenvalue weighted by atomic mass is 35.5. The van der Waals surface area contributed by atoms with Gasteiger partial charge in [-0.2, -0.15) is 0 Å². The molecule has 0 amide bonds. The van der Waals surface area contributed by atoms with E-state index in [1.807, 2.05) is 16.7 Å². The lowest BCUT2D eigenvalue weighted by Crippen LogP contribution is -2.52. The van der Waals surface area contributed by atoms with Crippen molar-refractivity contribution in [3.8, 4) is 5.75 Å². The number of nitrogens with zero attached hydrogens (tertiary/aromatic N) is 1. The second-order valence-electron chi connectivity index (χ2n) is 8.06. The van der Waals surface area contributed by atoms with E-state index in [0.29, 0.717) is 18.3 Å². The number of aromatic nitrogens is 1. The van der Waals surface area contributed by atoms with Gasteiger partial charge in [0, 0.05) is 29.5 Å². The van der Waals surface area contributed by atoms with Gasteiger partial charge in [-0.15, -0.1) is 12.4 Å². The van der Waals surface area contributed by atoms with E-state index in [1.54, 1.807) is 6.07 Å². The minimum Gasteiger partial charge on any atom is -0.507 e. The van der Waals surface area contributed by atoms with Crippen molar-refractivity contribution in [1.82, 2.24) is 4.57 Å². The SMILES string of the molecule is CC[C@@]12CCC[C@H]3[C@H](N)Cc4c(n(c5cccc(O)c45)C(=O)C1)[C@H]32.Cl. The van der Waals surface area contributed by atoms with Gasteiger partial charge >= 0.3 is 0 Å². The summed E-state index contributed by atoms with van der Waals surface area (Å²) in [6, 6.07) is 5.65. The van der Waals surface area contributed by atoms with Crippen molar-refractivity contribution in [2.24, 2.45) is 17.1 Å². The molecule has 134 valence electrons. The smallest absolute Gasteiger partial charge is 0.231 e. The lowest BCUT2D eigenvalue weighted by Gasteiger charge is -2.54. The number of fused-ring (bicyclic) bond motifs is 3. The van der Waals surface area contributed by atoms with Crippen molar-refractivity contribution in [3.05, 3.63) is 29.5 Å². The molecule has 5 rings (SSSR count). The van der Waals surface area contributed by atoms with E-state index in [9.17, 15) is 9.90 Å². The molecule has 0 radical (unpaired) electrons. The summed E-state index contributed by atoms with van der Waals surface area (Å²) in [6.07, 6.45) is 5.87. The van der Waals surface area contributed by atoms with Gasteiger partial charge in [0.25, 0.3) is 0 Å². The third-order valence-electron chi connectivity index (χ3n) is 7.15. The number of hydrogen-bond acceptors (Lipinski definition) is 3. The van der Waals surface area contributed by atoms with Crippen LogP contribution >= 0.6 is 12.4 Å². The standard InChI is InChI=1S/C20H24N2O2.ClH/c1-2-20-8-4-5-11-13(21)9-12-17-14(6-3-7-15(17)23)22(16(24)10-20)19(12)18(11)20;/h3,6-7,11,13,18,23H,2,4-5,8-10,21H2,1H3;1H/t11-,13+,18-,20+;/m0./s1. The zero-order valence-electron chi connectivity index (χ0n) is 14.5. The molecule has 1 fully saturated rings. The van der Waals surface area contributed by atoms with Crippen molar-refractivity contribution < 1.29 is 9.90 Å². The van der Waals surface area contributed by atoms with Crippen molar-refractivity contribution in [3.63, 3.8) is 0 Å². The summed E-state index contributed by atoms with van der Waals surface area (Å²) in [6.45, 7) is 2.23. The van der Waals surface area contributed by atoms with Crippen LogP contribution in [0.15, 0.2) is 18.2 Å². The molecule has 3 aliphatic rings. The van der Waals surface area contributed by atoms with E-state index in [1.165, 1.54) is 12.1 Å². The molecule has 0 spiro atoms. The van der Waals surface area contributed by atoms with Gasteiger partial charge in [-0.25, -0.2) is 0 Å². The Bertz CT molecular complexity index is 874. The van der Waals surface area contributed by atoms with Gasteiger partial charge in [-0.3, -0.25) is 9.36 Å². The maximum atomic E-state index is 13.1. The number of carbonyl (C=O) groups is 1. The summed E-state index contributed by atoms with van der Waals surface area (Å²) in [5.74, 6) is 1.30. The molecule has 3 N–H and O–H groups in total. The monoisotopic (exact) mass is 360 g/mol. The Balaban J connectivity index is 0.00000157. The molecule has 0 bridgehead atoms. The predicted octanol–water partition coefficient (Wildman–Crippen LogP) is 3.98. The van der Waals surface area contributed by atoms with E-state index < -0.39 is 0 Å². The topological polar surface area (TPSA) is 68.2 Å². The first-order chi connectivity index (χ1) is 11.6. The molecule has 1 aromatic heterocycles. The fourth-order valence-corrected chi connectivity index (χ4v) is 6.13. The van der Waals surface area contributed by atoms with Crippen LogP contribution in [-0.4, -0.2) is 21.6 Å². The van der Waals surface area contributed by atoms with Crippen LogP contribution in [0.5, 0.6) is 5.75 Å². The van der Waals surface area contributed by atoms with Gasteiger partial charge in [-0.05, 0) is 54.7 Å². The number of phenols is 1. The summed E-state index contributed by atoms with van der Waals surface area (Å²) in [5.41, 5.74) is 9.85. The first kappa shape index (κ1) is 16.9. The Morgan fingerprint density at radius 2 is 2.20 bits per heavy atom. The van der Waals surface area contributed by atoms with E-state index in [-0.39, 0.29) is 35.5 Å². The van der Waals surface area contributed by atoms with Crippen LogP contribution in [0.4, 0.5) is 0 Å². The van der Waals surface area contributed by atoms with E-state index >= 15 is 0 Å². The fourth-order valence-electron chi connectivity index (χ4n) is 6.13. The highest BCUT2D eigenvalue weighted by molar-refractivity contribution is 6.00. The molecule has 0 saturated heterocycles. The number of benzene rings is 1. The molecule has 25 heavy (non-hydrogen) atoms. The molecule has 4 nitrogen and oxygen atoms in total. The van der Waals surface area contributed by atoms with Crippen molar-refractivity contribution in [2.45, 2.75) is 57.4 Å². The fraction of sp³-hybridized carbons (Fsp3) is 0.550. The summed E-state index contributed by atoms with van der Waals surface area (Å²) >= 11 is 0. The molecule has 5 heteroatoms. The minimum atomic E-state index is 0. The van der Waals surface area contributed by atoms with Crippen LogP contribution < -0.4 is 5.73 Å². The number of phenolic OH excluding ortho intramolecular Hbond substituents is 1. The van der Waals surface area contributed by atoms with Crippen LogP contribution in [0.25, 0.3) is 10.9 Å². The number of nitrogens with two attached hydrogens (primary N) is 1. The van der Waals surface area contributed by atoms with Crippen LogP contribution in [0.3, 0.4) is 0 Å². The predicted molar refractivity (Wildman–Crippen MR) is 101 cm³/mol. The lowest BCUT2D eigenvalue weighted by atomic mass is 9.52. The molecule has 0 unspecified atom stereocenters. The van der Waals surface area contributed by atoms with E-state index in [0.717, 1.165) is 42.1 Å².